The van der Waals surface area contributed by atoms with Gasteiger partial charge < -0.3 is 20.3 Å². The minimum absolute atomic E-state index is 0. The van der Waals surface area contributed by atoms with E-state index in [0.717, 1.165) is 45.1 Å². The van der Waals surface area contributed by atoms with Gasteiger partial charge in [-0.1, -0.05) is 0 Å². The van der Waals surface area contributed by atoms with Crippen LogP contribution in [0.25, 0.3) is 0 Å². The highest BCUT2D eigenvalue weighted by molar-refractivity contribution is 14.0. The van der Waals surface area contributed by atoms with Gasteiger partial charge in [-0.05, 0) is 30.5 Å². The molecule has 1 aromatic heterocycles. The average Bonchev–Trinajstić information content (AvgIpc) is 2.68. The highest BCUT2D eigenvalue weighted by Gasteiger charge is 2.20. The van der Waals surface area contributed by atoms with Gasteiger partial charge in [0.05, 0.1) is 13.2 Å². The molecule has 0 atom stereocenters. The highest BCUT2D eigenvalue weighted by atomic mass is 127. The number of amides is 1. The van der Waals surface area contributed by atoms with Crippen molar-refractivity contribution in [2.45, 2.75) is 13.3 Å². The van der Waals surface area contributed by atoms with Gasteiger partial charge in [-0.2, -0.15) is 0 Å². The van der Waals surface area contributed by atoms with Crippen molar-refractivity contribution in [3.8, 4) is 0 Å². The summed E-state index contributed by atoms with van der Waals surface area (Å²) in [6.45, 7) is 7.87. The average molecular weight is 504 g/mol. The minimum atomic E-state index is 0. The number of aryl methyl sites for hydroxylation is 1. The van der Waals surface area contributed by atoms with Crippen molar-refractivity contribution in [2.75, 3.05) is 66.6 Å². The normalized spacial score (nSPS) is 15.1. The number of aliphatic imine (C=N–C) groups is 1. The van der Waals surface area contributed by atoms with Crippen LogP contribution >= 0.6 is 24.0 Å². The molecule has 2 rings (SSSR count). The topological polar surface area (TPSA) is 82.1 Å². The number of aromatic nitrogens is 1. The van der Waals surface area contributed by atoms with Crippen LogP contribution in [0.4, 0.5) is 0 Å². The second-order valence-electron chi connectivity index (χ2n) is 6.63. The van der Waals surface area contributed by atoms with Gasteiger partial charge in [0.15, 0.2) is 5.96 Å². The quantitative estimate of drug-likeness (QED) is 0.233. The summed E-state index contributed by atoms with van der Waals surface area (Å²) in [4.78, 5) is 24.9. The zero-order valence-corrected chi connectivity index (χ0v) is 19.4. The molecule has 1 amide bonds. The second kappa shape index (κ2) is 13.7. The summed E-state index contributed by atoms with van der Waals surface area (Å²) in [7, 11) is 3.44. The Hall–Kier alpha value is -1.46. The highest BCUT2D eigenvalue weighted by Crippen LogP contribution is 2.06. The van der Waals surface area contributed by atoms with Crippen LogP contribution in [0.1, 0.15) is 11.1 Å². The number of guanidine groups is 1. The Bertz CT molecular complexity index is 620. The van der Waals surface area contributed by atoms with Crippen LogP contribution in [0.2, 0.25) is 0 Å². The number of ether oxygens (including phenoxy) is 1. The number of methoxy groups -OCH3 is 1. The van der Waals surface area contributed by atoms with E-state index in [2.05, 4.69) is 43.4 Å². The molecule has 2 heterocycles. The monoisotopic (exact) mass is 504 g/mol. The molecule has 1 aromatic rings. The van der Waals surface area contributed by atoms with Crippen molar-refractivity contribution in [2.24, 2.45) is 4.99 Å². The predicted molar refractivity (Wildman–Crippen MR) is 122 cm³/mol. The number of nitrogens with zero attached hydrogens (tertiary/aromatic N) is 4. The van der Waals surface area contributed by atoms with E-state index in [1.54, 1.807) is 7.11 Å². The van der Waals surface area contributed by atoms with Crippen LogP contribution < -0.4 is 10.6 Å². The fourth-order valence-corrected chi connectivity index (χ4v) is 3.09. The first-order chi connectivity index (χ1) is 13.1. The summed E-state index contributed by atoms with van der Waals surface area (Å²) in [6.07, 6.45) is 4.67. The number of carbonyl (C=O) groups excluding carboxylic acids is 1. The maximum Gasteiger partial charge on any atom is 0.234 e. The number of carbonyl (C=O) groups is 1. The molecule has 0 radical (unpaired) electrons. The Labute approximate surface area is 185 Å². The molecule has 0 unspecified atom stereocenters. The van der Waals surface area contributed by atoms with Crippen molar-refractivity contribution in [1.29, 1.82) is 0 Å². The van der Waals surface area contributed by atoms with E-state index < -0.39 is 0 Å². The predicted octanol–water partition coefficient (Wildman–Crippen LogP) is 0.506. The zero-order valence-electron chi connectivity index (χ0n) is 17.1. The van der Waals surface area contributed by atoms with Crippen LogP contribution in [-0.2, 0) is 16.0 Å². The minimum Gasteiger partial charge on any atom is -0.383 e. The largest absolute Gasteiger partial charge is 0.383 e. The summed E-state index contributed by atoms with van der Waals surface area (Å²) < 4.78 is 4.94. The number of piperazine rings is 1. The Kier molecular flexibility index (Phi) is 12.0. The molecule has 0 bridgehead atoms. The van der Waals surface area contributed by atoms with Gasteiger partial charge >= 0.3 is 0 Å². The van der Waals surface area contributed by atoms with Crippen LogP contribution in [0.15, 0.2) is 23.5 Å². The molecule has 0 saturated carbocycles. The van der Waals surface area contributed by atoms with Crippen molar-refractivity contribution in [1.82, 2.24) is 25.4 Å². The first-order valence-corrected chi connectivity index (χ1v) is 9.47. The van der Waals surface area contributed by atoms with Crippen molar-refractivity contribution in [3.63, 3.8) is 0 Å². The van der Waals surface area contributed by atoms with E-state index in [0.29, 0.717) is 19.7 Å². The summed E-state index contributed by atoms with van der Waals surface area (Å²) in [5.74, 6) is 0.974. The molecule has 1 aliphatic heterocycles. The fraction of sp³-hybridized carbons (Fsp3) is 0.632. The summed E-state index contributed by atoms with van der Waals surface area (Å²) in [6, 6.07) is 2.07. The molecule has 0 aliphatic carbocycles. The molecule has 1 fully saturated rings. The lowest BCUT2D eigenvalue weighted by atomic mass is 10.1. The van der Waals surface area contributed by atoms with E-state index in [1.165, 1.54) is 11.1 Å². The van der Waals surface area contributed by atoms with Gasteiger partial charge in [-0.25, -0.2) is 0 Å². The third kappa shape index (κ3) is 8.27. The maximum absolute atomic E-state index is 11.9. The number of rotatable bonds is 8. The van der Waals surface area contributed by atoms with Crippen molar-refractivity contribution >= 4 is 35.8 Å². The van der Waals surface area contributed by atoms with Gasteiger partial charge in [0, 0.05) is 65.8 Å². The molecule has 2 N–H and O–H groups in total. The summed E-state index contributed by atoms with van der Waals surface area (Å²) in [5.41, 5.74) is 2.52. The molecule has 158 valence electrons. The lowest BCUT2D eigenvalue weighted by Crippen LogP contribution is -2.54. The molecule has 0 spiro atoms. The Balaban J connectivity index is 0.00000392. The SMILES string of the molecule is CN=C(NCCc1ccncc1C)N1CCN(CC(=O)NCCOC)CC1.I. The Morgan fingerprint density at radius 2 is 2.00 bits per heavy atom. The van der Waals surface area contributed by atoms with Crippen LogP contribution in [-0.4, -0.2) is 93.2 Å². The zero-order chi connectivity index (χ0) is 19.5. The molecule has 1 saturated heterocycles. The standard InChI is InChI=1S/C19H32N6O2.HI/c1-16-14-21-6-4-17(16)5-7-23-19(20-2)25-11-9-24(10-12-25)15-18(26)22-8-13-27-3;/h4,6,14H,5,7-13,15H2,1-3H3,(H,20,23)(H,22,26);1H. The van der Waals surface area contributed by atoms with E-state index in [1.807, 2.05) is 19.4 Å². The fourth-order valence-electron chi connectivity index (χ4n) is 3.09. The number of hydrogen-bond donors (Lipinski definition) is 2. The first kappa shape index (κ1) is 24.6. The maximum atomic E-state index is 11.9. The summed E-state index contributed by atoms with van der Waals surface area (Å²) in [5, 5.41) is 6.31. The van der Waals surface area contributed by atoms with Crippen LogP contribution in [0, 0.1) is 6.92 Å². The van der Waals surface area contributed by atoms with E-state index in [4.69, 9.17) is 4.74 Å². The molecule has 1 aliphatic rings. The van der Waals surface area contributed by atoms with Crippen LogP contribution in [0.5, 0.6) is 0 Å². The molecule has 9 heteroatoms. The molecule has 8 nitrogen and oxygen atoms in total. The van der Waals surface area contributed by atoms with Gasteiger partial charge in [0.1, 0.15) is 0 Å². The van der Waals surface area contributed by atoms with E-state index in [9.17, 15) is 4.79 Å². The Morgan fingerprint density at radius 3 is 2.64 bits per heavy atom. The van der Waals surface area contributed by atoms with Gasteiger partial charge in [0.2, 0.25) is 5.91 Å². The number of hydrogen-bond acceptors (Lipinski definition) is 5. The third-order valence-corrected chi connectivity index (χ3v) is 4.69. The molecule has 0 aromatic carbocycles. The third-order valence-electron chi connectivity index (χ3n) is 4.69. The van der Waals surface area contributed by atoms with E-state index in [-0.39, 0.29) is 29.9 Å². The summed E-state index contributed by atoms with van der Waals surface area (Å²) >= 11 is 0. The Morgan fingerprint density at radius 1 is 1.25 bits per heavy atom. The molecule has 28 heavy (non-hydrogen) atoms. The number of nitrogens with one attached hydrogen (secondary N) is 2. The van der Waals surface area contributed by atoms with Gasteiger partial charge in [-0.15, -0.1) is 24.0 Å². The lowest BCUT2D eigenvalue weighted by molar-refractivity contribution is -0.122. The molecular formula is C19H33IN6O2. The smallest absolute Gasteiger partial charge is 0.234 e. The lowest BCUT2D eigenvalue weighted by Gasteiger charge is -2.36. The number of halogens is 1. The van der Waals surface area contributed by atoms with Crippen molar-refractivity contribution < 1.29 is 9.53 Å². The van der Waals surface area contributed by atoms with Gasteiger partial charge in [-0.3, -0.25) is 19.7 Å². The van der Waals surface area contributed by atoms with Crippen LogP contribution in [0.3, 0.4) is 0 Å². The number of pyridine rings is 1. The van der Waals surface area contributed by atoms with E-state index >= 15 is 0 Å². The second-order valence-corrected chi connectivity index (χ2v) is 6.63. The first-order valence-electron chi connectivity index (χ1n) is 9.47. The van der Waals surface area contributed by atoms with Gasteiger partial charge in [0.25, 0.3) is 0 Å². The van der Waals surface area contributed by atoms with Crippen molar-refractivity contribution in [3.05, 3.63) is 29.6 Å². The molecular weight excluding hydrogens is 471 g/mol.